The zero-order chi connectivity index (χ0) is 21.8. The minimum Gasteiger partial charge on any atom is -0.495 e. The number of nitrogens with one attached hydrogen (secondary N) is 1. The van der Waals surface area contributed by atoms with E-state index in [0.717, 1.165) is 39.5 Å². The van der Waals surface area contributed by atoms with Gasteiger partial charge in [-0.2, -0.15) is 16.7 Å². The number of aromatic nitrogens is 3. The lowest BCUT2D eigenvalue weighted by Crippen LogP contribution is -2.32. The second kappa shape index (κ2) is 10.1. The molecule has 3 aromatic rings. The Morgan fingerprint density at radius 3 is 2.74 bits per heavy atom. The molecule has 0 spiro atoms. The minimum atomic E-state index is -0.200. The van der Waals surface area contributed by atoms with Crippen LogP contribution in [0.2, 0.25) is 5.02 Å². The van der Waals surface area contributed by atoms with Gasteiger partial charge in [-0.25, -0.2) is 9.97 Å². The van der Waals surface area contributed by atoms with Crippen LogP contribution in [-0.4, -0.2) is 65.4 Å². The van der Waals surface area contributed by atoms with E-state index in [0.29, 0.717) is 27.9 Å². The summed E-state index contributed by atoms with van der Waals surface area (Å²) in [5.74, 6) is 3.12. The molecule has 8 nitrogen and oxygen atoms in total. The summed E-state index contributed by atoms with van der Waals surface area (Å²) in [6, 6.07) is 3.24. The number of nitrogens with zero attached hydrogens (tertiary/aromatic N) is 4. The molecule has 1 aliphatic rings. The number of hydrogen-bond donors (Lipinski definition) is 1. The van der Waals surface area contributed by atoms with Crippen LogP contribution in [-0.2, 0) is 4.79 Å². The maximum atomic E-state index is 12.6. The molecule has 0 atom stereocenters. The summed E-state index contributed by atoms with van der Waals surface area (Å²) in [5, 5.41) is 4.93. The Labute approximate surface area is 197 Å². The SMILES string of the molecule is COc1cc(OC)c(NC(=O)CSc2ncnc3nc(N4CCSCC4)sc23)cc1Cl. The van der Waals surface area contributed by atoms with Crippen LogP contribution in [0.4, 0.5) is 10.8 Å². The Bertz CT molecular complexity index is 1090. The molecule has 1 N–H and O–H groups in total. The van der Waals surface area contributed by atoms with Gasteiger partial charge in [-0.05, 0) is 6.07 Å². The molecule has 2 aromatic heterocycles. The number of ether oxygens (including phenoxy) is 2. The average molecular weight is 498 g/mol. The third kappa shape index (κ3) is 5.11. The van der Waals surface area contributed by atoms with E-state index in [4.69, 9.17) is 21.1 Å². The maximum Gasteiger partial charge on any atom is 0.234 e. The Kier molecular flexibility index (Phi) is 7.26. The van der Waals surface area contributed by atoms with Crippen LogP contribution >= 0.6 is 46.5 Å². The Hall–Kier alpha value is -1.95. The van der Waals surface area contributed by atoms with Gasteiger partial charge < -0.3 is 19.7 Å². The first-order chi connectivity index (χ1) is 15.1. The van der Waals surface area contributed by atoms with E-state index in [-0.39, 0.29) is 11.7 Å². The lowest BCUT2D eigenvalue weighted by Gasteiger charge is -2.25. The number of hydrogen-bond acceptors (Lipinski definition) is 10. The van der Waals surface area contributed by atoms with Crippen molar-refractivity contribution in [2.45, 2.75) is 5.03 Å². The van der Waals surface area contributed by atoms with Gasteiger partial charge in [-0.1, -0.05) is 34.7 Å². The fraction of sp³-hybridized carbons (Fsp3) is 0.368. The molecule has 0 radical (unpaired) electrons. The number of thiazole rings is 1. The maximum absolute atomic E-state index is 12.6. The molecule has 0 saturated carbocycles. The molecule has 3 heterocycles. The Morgan fingerprint density at radius 1 is 1.23 bits per heavy atom. The van der Waals surface area contributed by atoms with E-state index in [1.807, 2.05) is 11.8 Å². The molecule has 0 unspecified atom stereocenters. The highest BCUT2D eigenvalue weighted by Gasteiger charge is 2.19. The molecule has 164 valence electrons. The van der Waals surface area contributed by atoms with E-state index >= 15 is 0 Å². The van der Waals surface area contributed by atoms with Crippen LogP contribution in [0.1, 0.15) is 0 Å². The van der Waals surface area contributed by atoms with Gasteiger partial charge in [0.05, 0.1) is 30.7 Å². The number of anilines is 2. The van der Waals surface area contributed by atoms with Crippen molar-refractivity contribution in [2.24, 2.45) is 0 Å². The van der Waals surface area contributed by atoms with E-state index in [1.54, 1.807) is 23.5 Å². The molecular formula is C19H20ClN5O3S3. The minimum absolute atomic E-state index is 0.173. The number of carbonyl (C=O) groups excluding carboxylic acids is 1. The molecule has 1 amide bonds. The summed E-state index contributed by atoms with van der Waals surface area (Å²) in [6.45, 7) is 1.96. The standard InChI is InChI=1S/C19H20ClN5O3S3/c1-27-13-8-14(28-2)12(7-11(13)20)23-15(26)9-30-18-16-17(21-10-22-18)24-19(31-16)25-3-5-29-6-4-25/h7-8,10H,3-6,9H2,1-2H3,(H,23,26). The average Bonchev–Trinajstić information content (AvgIpc) is 3.23. The molecule has 0 bridgehead atoms. The van der Waals surface area contributed by atoms with Crippen molar-refractivity contribution in [3.8, 4) is 11.5 Å². The van der Waals surface area contributed by atoms with Gasteiger partial charge >= 0.3 is 0 Å². The topological polar surface area (TPSA) is 89.5 Å². The van der Waals surface area contributed by atoms with Gasteiger partial charge in [0.15, 0.2) is 10.8 Å². The zero-order valence-corrected chi connectivity index (χ0v) is 20.1. The highest BCUT2D eigenvalue weighted by Crippen LogP contribution is 2.37. The third-order valence-electron chi connectivity index (χ3n) is 4.52. The normalized spacial score (nSPS) is 14.0. The Balaban J connectivity index is 1.46. The summed E-state index contributed by atoms with van der Waals surface area (Å²) in [7, 11) is 3.04. The fourth-order valence-electron chi connectivity index (χ4n) is 2.99. The van der Waals surface area contributed by atoms with Crippen molar-refractivity contribution < 1.29 is 14.3 Å². The van der Waals surface area contributed by atoms with Gasteiger partial charge in [-0.3, -0.25) is 4.79 Å². The van der Waals surface area contributed by atoms with Gasteiger partial charge in [0.1, 0.15) is 27.6 Å². The lowest BCUT2D eigenvalue weighted by molar-refractivity contribution is -0.113. The van der Waals surface area contributed by atoms with E-state index < -0.39 is 0 Å². The molecule has 4 rings (SSSR count). The lowest BCUT2D eigenvalue weighted by atomic mass is 10.2. The number of rotatable bonds is 7. The third-order valence-corrected chi connectivity index (χ3v) is 7.99. The van der Waals surface area contributed by atoms with Crippen molar-refractivity contribution in [1.82, 2.24) is 15.0 Å². The van der Waals surface area contributed by atoms with Gasteiger partial charge in [0, 0.05) is 30.7 Å². The molecule has 1 saturated heterocycles. The number of halogens is 1. The summed E-state index contributed by atoms with van der Waals surface area (Å²) in [5.41, 5.74) is 1.15. The largest absolute Gasteiger partial charge is 0.495 e. The summed E-state index contributed by atoms with van der Waals surface area (Å²) in [6.07, 6.45) is 1.49. The highest BCUT2D eigenvalue weighted by molar-refractivity contribution is 8.00. The summed E-state index contributed by atoms with van der Waals surface area (Å²) >= 11 is 11.1. The van der Waals surface area contributed by atoms with Crippen LogP contribution in [0.5, 0.6) is 11.5 Å². The van der Waals surface area contributed by atoms with Crippen LogP contribution < -0.4 is 19.7 Å². The predicted molar refractivity (Wildman–Crippen MR) is 129 cm³/mol. The second-order valence-electron chi connectivity index (χ2n) is 6.45. The molecular weight excluding hydrogens is 478 g/mol. The summed E-state index contributed by atoms with van der Waals surface area (Å²) in [4.78, 5) is 28.2. The number of thioether (sulfide) groups is 2. The van der Waals surface area contributed by atoms with Crippen molar-refractivity contribution in [2.75, 3.05) is 54.8 Å². The smallest absolute Gasteiger partial charge is 0.234 e. The van der Waals surface area contributed by atoms with Crippen LogP contribution in [0.3, 0.4) is 0 Å². The number of amides is 1. The highest BCUT2D eigenvalue weighted by atomic mass is 35.5. The first-order valence-electron chi connectivity index (χ1n) is 9.37. The van der Waals surface area contributed by atoms with Crippen LogP contribution in [0, 0.1) is 0 Å². The van der Waals surface area contributed by atoms with E-state index in [9.17, 15) is 4.79 Å². The van der Waals surface area contributed by atoms with Crippen molar-refractivity contribution in [1.29, 1.82) is 0 Å². The van der Waals surface area contributed by atoms with Crippen molar-refractivity contribution >= 4 is 73.5 Å². The number of benzene rings is 1. The first-order valence-corrected chi connectivity index (χ1v) is 12.7. The number of methoxy groups -OCH3 is 2. The van der Waals surface area contributed by atoms with Crippen molar-refractivity contribution in [3.05, 3.63) is 23.5 Å². The van der Waals surface area contributed by atoms with Gasteiger partial charge in [0.2, 0.25) is 5.91 Å². The molecule has 1 aliphatic heterocycles. The quantitative estimate of drug-likeness (QED) is 0.383. The molecule has 1 fully saturated rings. The fourth-order valence-corrected chi connectivity index (χ4v) is 6.08. The molecule has 1 aromatic carbocycles. The van der Waals surface area contributed by atoms with Gasteiger partial charge in [-0.15, -0.1) is 0 Å². The second-order valence-corrected chi connectivity index (χ2v) is 10.0. The number of fused-ring (bicyclic) bond motifs is 1. The van der Waals surface area contributed by atoms with Gasteiger partial charge in [0.25, 0.3) is 0 Å². The number of carbonyl (C=O) groups is 1. The van der Waals surface area contributed by atoms with E-state index in [1.165, 1.54) is 32.3 Å². The monoisotopic (exact) mass is 497 g/mol. The first kappa shape index (κ1) is 22.3. The predicted octanol–water partition coefficient (Wildman–Crippen LogP) is 4.04. The Morgan fingerprint density at radius 2 is 2.00 bits per heavy atom. The zero-order valence-electron chi connectivity index (χ0n) is 16.9. The summed E-state index contributed by atoms with van der Waals surface area (Å²) < 4.78 is 11.4. The molecule has 0 aliphatic carbocycles. The molecule has 12 heteroatoms. The van der Waals surface area contributed by atoms with Crippen LogP contribution in [0.25, 0.3) is 10.3 Å². The van der Waals surface area contributed by atoms with E-state index in [2.05, 4.69) is 25.2 Å². The molecule has 31 heavy (non-hydrogen) atoms. The van der Waals surface area contributed by atoms with Crippen molar-refractivity contribution in [3.63, 3.8) is 0 Å². The van der Waals surface area contributed by atoms with Crippen LogP contribution in [0.15, 0.2) is 23.5 Å².